The molecule has 248 valence electrons. The van der Waals surface area contributed by atoms with E-state index in [1.807, 2.05) is 0 Å². The number of fused-ring (bicyclic) bond motifs is 9. The van der Waals surface area contributed by atoms with Crippen LogP contribution in [-0.2, 0) is 0 Å². The first kappa shape index (κ1) is 29.5. The van der Waals surface area contributed by atoms with E-state index >= 15 is 0 Å². The van der Waals surface area contributed by atoms with Crippen molar-refractivity contribution < 1.29 is 0 Å². The summed E-state index contributed by atoms with van der Waals surface area (Å²) < 4.78 is 0. The van der Waals surface area contributed by atoms with Gasteiger partial charge in [-0.3, -0.25) is 0 Å². The first-order valence-electron chi connectivity index (χ1n) is 18.9. The maximum Gasteiger partial charge on any atom is -0.000785 e. The highest BCUT2D eigenvalue weighted by atomic mass is 14.3. The van der Waals surface area contributed by atoms with Crippen molar-refractivity contribution in [2.45, 2.75) is 0 Å². The van der Waals surface area contributed by atoms with Gasteiger partial charge >= 0.3 is 0 Å². The SMILES string of the molecule is c1ccc(-c2cc3c4cc5c6ccccc6c6c(-c7ccccc7)c(-c7ccccc7)cc(c4cc4c7ccccc7c(c2-c2ccccc2)c34)c56)cc1. The zero-order valence-corrected chi connectivity index (χ0v) is 29.5. The molecular weight excluding hydrogens is 649 g/mol. The average molecular weight is 681 g/mol. The van der Waals surface area contributed by atoms with Gasteiger partial charge in [-0.25, -0.2) is 0 Å². The fraction of sp³-hybridized carbons (Fsp3) is 0. The van der Waals surface area contributed by atoms with Crippen molar-refractivity contribution in [2.75, 3.05) is 0 Å². The minimum absolute atomic E-state index is 1.23. The van der Waals surface area contributed by atoms with Gasteiger partial charge in [0.25, 0.3) is 0 Å². The minimum Gasteiger partial charge on any atom is -0.0622 e. The molecule has 0 amide bonds. The van der Waals surface area contributed by atoms with E-state index in [-0.39, 0.29) is 0 Å². The van der Waals surface area contributed by atoms with Crippen LogP contribution in [0.25, 0.3) is 120 Å². The quantitative estimate of drug-likeness (QED) is 0.162. The van der Waals surface area contributed by atoms with E-state index in [1.165, 1.54) is 120 Å². The van der Waals surface area contributed by atoms with Gasteiger partial charge in [0.1, 0.15) is 0 Å². The Morgan fingerprint density at radius 3 is 0.852 bits per heavy atom. The normalized spacial score (nSPS) is 12.1. The van der Waals surface area contributed by atoms with Crippen LogP contribution in [0.3, 0.4) is 0 Å². The summed E-state index contributed by atoms with van der Waals surface area (Å²) in [7, 11) is 0. The van der Waals surface area contributed by atoms with Crippen LogP contribution in [0.15, 0.2) is 194 Å². The zero-order valence-electron chi connectivity index (χ0n) is 29.5. The van der Waals surface area contributed by atoms with Crippen molar-refractivity contribution >= 4 is 75.4 Å². The van der Waals surface area contributed by atoms with Crippen molar-refractivity contribution in [3.05, 3.63) is 194 Å². The molecule has 12 rings (SSSR count). The summed E-state index contributed by atoms with van der Waals surface area (Å²) in [6.07, 6.45) is 0. The third-order valence-corrected chi connectivity index (χ3v) is 11.9. The molecule has 54 heavy (non-hydrogen) atoms. The van der Waals surface area contributed by atoms with Crippen LogP contribution in [0.2, 0.25) is 0 Å². The molecule has 0 radical (unpaired) electrons. The maximum atomic E-state index is 2.52. The van der Waals surface area contributed by atoms with Crippen LogP contribution in [0, 0.1) is 0 Å². The Bertz CT molecular complexity index is 3150. The summed E-state index contributed by atoms with van der Waals surface area (Å²) in [6, 6.07) is 72.1. The van der Waals surface area contributed by atoms with E-state index in [0.29, 0.717) is 0 Å². The third kappa shape index (κ3) is 4.03. The van der Waals surface area contributed by atoms with Crippen molar-refractivity contribution in [2.24, 2.45) is 0 Å². The molecule has 0 unspecified atom stereocenters. The van der Waals surface area contributed by atoms with Gasteiger partial charge in [0.2, 0.25) is 0 Å². The van der Waals surface area contributed by atoms with Crippen LogP contribution in [0.1, 0.15) is 0 Å². The Morgan fingerprint density at radius 2 is 0.481 bits per heavy atom. The van der Waals surface area contributed by atoms with Gasteiger partial charge < -0.3 is 0 Å². The standard InChI is InChI=1S/C54H32/c1-5-17-33(18-6-1)41-29-47-43-31-46-38-26-14-16-28-40(38)54-50(36-23-11-4-12-24-36)42(34-19-7-2-8-20-34)30-48(52(46)54)44(43)32-45-37-25-13-15-27-39(37)53(51(45)47)49(41)35-21-9-3-10-22-35/h1-32H. The van der Waals surface area contributed by atoms with Crippen LogP contribution >= 0.6 is 0 Å². The molecule has 12 aromatic rings. The van der Waals surface area contributed by atoms with Gasteiger partial charge in [0, 0.05) is 0 Å². The van der Waals surface area contributed by atoms with Crippen molar-refractivity contribution in [3.8, 4) is 44.5 Å². The summed E-state index contributed by atoms with van der Waals surface area (Å²) in [5.74, 6) is 0. The molecule has 12 aromatic carbocycles. The average Bonchev–Trinajstić information content (AvgIpc) is 3.76. The van der Waals surface area contributed by atoms with Gasteiger partial charge in [-0.05, 0) is 144 Å². The molecule has 0 aliphatic carbocycles. The fourth-order valence-corrected chi connectivity index (χ4v) is 9.72. The minimum atomic E-state index is 1.23. The van der Waals surface area contributed by atoms with Gasteiger partial charge in [-0.2, -0.15) is 0 Å². The van der Waals surface area contributed by atoms with Crippen molar-refractivity contribution in [1.29, 1.82) is 0 Å². The predicted octanol–water partition coefficient (Wildman–Crippen LogP) is 15.3. The van der Waals surface area contributed by atoms with Gasteiger partial charge in [-0.15, -0.1) is 0 Å². The van der Waals surface area contributed by atoms with E-state index in [2.05, 4.69) is 194 Å². The lowest BCUT2D eigenvalue weighted by atomic mass is 9.84. The largest absolute Gasteiger partial charge is 0.0622 e. The molecule has 0 heteroatoms. The predicted molar refractivity (Wildman–Crippen MR) is 233 cm³/mol. The van der Waals surface area contributed by atoms with E-state index in [0.717, 1.165) is 0 Å². The number of hydrogen-bond donors (Lipinski definition) is 0. The van der Waals surface area contributed by atoms with Crippen LogP contribution in [0.4, 0.5) is 0 Å². The fourth-order valence-electron chi connectivity index (χ4n) is 9.72. The lowest BCUT2D eigenvalue weighted by Crippen LogP contribution is -1.91. The molecule has 0 heterocycles. The molecular formula is C54H32. The van der Waals surface area contributed by atoms with Crippen LogP contribution in [0.5, 0.6) is 0 Å². The van der Waals surface area contributed by atoms with Crippen LogP contribution in [-0.4, -0.2) is 0 Å². The highest BCUT2D eigenvalue weighted by molar-refractivity contribution is 6.44. The van der Waals surface area contributed by atoms with E-state index in [4.69, 9.17) is 0 Å². The van der Waals surface area contributed by atoms with Gasteiger partial charge in [-0.1, -0.05) is 170 Å². The first-order chi connectivity index (χ1) is 26.8. The zero-order chi connectivity index (χ0) is 35.3. The number of benzene rings is 10. The number of rotatable bonds is 4. The smallest absolute Gasteiger partial charge is 0.000785 e. The highest BCUT2D eigenvalue weighted by Gasteiger charge is 2.26. The second kappa shape index (κ2) is 11.2. The monoisotopic (exact) mass is 680 g/mol. The summed E-state index contributed by atoms with van der Waals surface area (Å²) in [4.78, 5) is 0. The van der Waals surface area contributed by atoms with Gasteiger partial charge in [0.05, 0.1) is 0 Å². The molecule has 0 spiro atoms. The molecule has 0 fully saturated rings. The van der Waals surface area contributed by atoms with Crippen LogP contribution < -0.4 is 0 Å². The molecule has 0 saturated heterocycles. The third-order valence-electron chi connectivity index (χ3n) is 11.9. The second-order valence-electron chi connectivity index (χ2n) is 14.7. The van der Waals surface area contributed by atoms with E-state index in [9.17, 15) is 0 Å². The topological polar surface area (TPSA) is 0 Å². The highest BCUT2D eigenvalue weighted by Crippen LogP contribution is 2.54. The lowest BCUT2D eigenvalue weighted by molar-refractivity contribution is 1.63. The summed E-state index contributed by atoms with van der Waals surface area (Å²) in [5.41, 5.74) is 10.1. The molecule has 0 nitrogen and oxygen atoms in total. The Kier molecular flexibility index (Phi) is 6.15. The van der Waals surface area contributed by atoms with E-state index in [1.54, 1.807) is 0 Å². The molecule has 0 bridgehead atoms. The molecule has 0 N–H and O–H groups in total. The molecule has 0 aliphatic heterocycles. The Balaban J connectivity index is 1.36. The summed E-state index contributed by atoms with van der Waals surface area (Å²) in [5, 5.41) is 18.5. The number of hydrogen-bond acceptors (Lipinski definition) is 0. The van der Waals surface area contributed by atoms with Crippen molar-refractivity contribution in [3.63, 3.8) is 0 Å². The molecule has 0 aromatic heterocycles. The first-order valence-corrected chi connectivity index (χ1v) is 18.9. The van der Waals surface area contributed by atoms with Gasteiger partial charge in [0.15, 0.2) is 0 Å². The van der Waals surface area contributed by atoms with Crippen molar-refractivity contribution in [1.82, 2.24) is 0 Å². The summed E-state index contributed by atoms with van der Waals surface area (Å²) in [6.45, 7) is 0. The Hall–Kier alpha value is -7.02. The molecule has 0 aliphatic rings. The van der Waals surface area contributed by atoms with E-state index < -0.39 is 0 Å². The maximum absolute atomic E-state index is 2.52. The molecule has 0 atom stereocenters. The Morgan fingerprint density at radius 1 is 0.185 bits per heavy atom. The second-order valence-corrected chi connectivity index (χ2v) is 14.7. The molecule has 0 saturated carbocycles. The summed E-state index contributed by atoms with van der Waals surface area (Å²) >= 11 is 0. The Labute approximate surface area is 312 Å². The lowest BCUT2D eigenvalue weighted by Gasteiger charge is -2.19.